The Hall–Kier alpha value is -0.870. The zero-order chi connectivity index (χ0) is 13.4. The number of sulfone groups is 1. The monoisotopic (exact) mass is 268 g/mol. The number of aliphatic hydroxyl groups is 1. The molecule has 0 aromatic heterocycles. The van der Waals surface area contributed by atoms with Gasteiger partial charge < -0.3 is 5.11 Å². The molecule has 4 heteroatoms. The van der Waals surface area contributed by atoms with Crippen LogP contribution in [-0.2, 0) is 9.84 Å². The van der Waals surface area contributed by atoms with Crippen LogP contribution < -0.4 is 0 Å². The van der Waals surface area contributed by atoms with Crippen molar-refractivity contribution in [1.82, 2.24) is 0 Å². The molecule has 0 aliphatic heterocycles. The van der Waals surface area contributed by atoms with Gasteiger partial charge in [-0.25, -0.2) is 8.42 Å². The van der Waals surface area contributed by atoms with Crippen LogP contribution in [0.1, 0.15) is 33.1 Å². The summed E-state index contributed by atoms with van der Waals surface area (Å²) < 4.78 is 24.4. The van der Waals surface area contributed by atoms with Crippen LogP contribution in [0.4, 0.5) is 0 Å². The van der Waals surface area contributed by atoms with Crippen molar-refractivity contribution in [3.05, 3.63) is 30.3 Å². The number of benzene rings is 1. The van der Waals surface area contributed by atoms with Gasteiger partial charge in [-0.3, -0.25) is 0 Å². The van der Waals surface area contributed by atoms with Gasteiger partial charge in [0, 0.05) is 0 Å². The Bertz CT molecular complexity index is 509. The van der Waals surface area contributed by atoms with Gasteiger partial charge in [0.25, 0.3) is 0 Å². The van der Waals surface area contributed by atoms with Gasteiger partial charge in [0.1, 0.15) is 4.75 Å². The van der Waals surface area contributed by atoms with Gasteiger partial charge in [-0.05, 0) is 30.9 Å². The molecule has 1 aliphatic carbocycles. The lowest BCUT2D eigenvalue weighted by atomic mass is 10.1. The Kier molecular flexibility index (Phi) is 3.52. The molecular formula is C14H20O3S. The first-order valence-corrected chi connectivity index (χ1v) is 7.93. The molecule has 1 fully saturated rings. The van der Waals surface area contributed by atoms with E-state index in [2.05, 4.69) is 0 Å². The third-order valence-electron chi connectivity index (χ3n) is 3.98. The predicted molar refractivity (Wildman–Crippen MR) is 71.1 cm³/mol. The van der Waals surface area contributed by atoms with E-state index in [0.29, 0.717) is 17.7 Å². The van der Waals surface area contributed by atoms with Crippen LogP contribution in [-0.4, -0.2) is 24.4 Å². The van der Waals surface area contributed by atoms with Crippen molar-refractivity contribution in [2.45, 2.75) is 48.9 Å². The summed E-state index contributed by atoms with van der Waals surface area (Å²) in [6, 6.07) is 8.46. The largest absolute Gasteiger partial charge is 0.391 e. The molecule has 1 N–H and O–H groups in total. The molecule has 3 nitrogen and oxygen atoms in total. The summed E-state index contributed by atoms with van der Waals surface area (Å²) in [5, 5.41) is 10.2. The minimum Gasteiger partial charge on any atom is -0.391 e. The Labute approximate surface area is 109 Å². The maximum atomic E-state index is 12.7. The summed E-state index contributed by atoms with van der Waals surface area (Å²) >= 11 is 0. The normalized spacial score (nSPS) is 28.9. The molecule has 0 spiro atoms. The topological polar surface area (TPSA) is 54.4 Å². The molecule has 1 aromatic carbocycles. The molecule has 0 saturated heterocycles. The summed E-state index contributed by atoms with van der Waals surface area (Å²) in [5.74, 6) is 0.0317. The SMILES string of the molecule is CCCC(O)[C@]1(S(=O)(=O)c2ccccc2)C[C@@H]1C. The highest BCUT2D eigenvalue weighted by atomic mass is 32.2. The van der Waals surface area contributed by atoms with E-state index in [9.17, 15) is 13.5 Å². The maximum Gasteiger partial charge on any atom is 0.186 e. The molecule has 18 heavy (non-hydrogen) atoms. The molecule has 100 valence electrons. The van der Waals surface area contributed by atoms with Gasteiger partial charge in [-0.2, -0.15) is 0 Å². The average Bonchev–Trinajstić information content (AvgIpc) is 3.04. The van der Waals surface area contributed by atoms with Crippen LogP contribution in [0.2, 0.25) is 0 Å². The summed E-state index contributed by atoms with van der Waals surface area (Å²) in [7, 11) is -3.45. The average molecular weight is 268 g/mol. The van der Waals surface area contributed by atoms with Crippen molar-refractivity contribution < 1.29 is 13.5 Å². The molecule has 3 atom stereocenters. The van der Waals surface area contributed by atoms with Crippen LogP contribution in [0.15, 0.2) is 35.2 Å². The van der Waals surface area contributed by atoms with Gasteiger partial charge in [0.15, 0.2) is 9.84 Å². The fourth-order valence-corrected chi connectivity index (χ4v) is 5.20. The third kappa shape index (κ3) is 1.88. The van der Waals surface area contributed by atoms with E-state index in [1.54, 1.807) is 30.3 Å². The number of hydrogen-bond acceptors (Lipinski definition) is 3. The lowest BCUT2D eigenvalue weighted by Crippen LogP contribution is -2.38. The molecule has 1 unspecified atom stereocenters. The molecule has 1 aromatic rings. The second-order valence-electron chi connectivity index (χ2n) is 5.18. The second-order valence-corrected chi connectivity index (χ2v) is 7.42. The summed E-state index contributed by atoms with van der Waals surface area (Å²) in [6.45, 7) is 3.86. The van der Waals surface area contributed by atoms with Crippen molar-refractivity contribution in [2.75, 3.05) is 0 Å². The highest BCUT2D eigenvalue weighted by Gasteiger charge is 2.65. The highest BCUT2D eigenvalue weighted by molar-refractivity contribution is 7.93. The van der Waals surface area contributed by atoms with Crippen LogP contribution in [0, 0.1) is 5.92 Å². The lowest BCUT2D eigenvalue weighted by molar-refractivity contribution is 0.144. The fourth-order valence-electron chi connectivity index (χ4n) is 2.77. The zero-order valence-electron chi connectivity index (χ0n) is 10.8. The van der Waals surface area contributed by atoms with Gasteiger partial charge in [-0.1, -0.05) is 38.5 Å². The minimum absolute atomic E-state index is 0.0317. The molecule has 0 heterocycles. The van der Waals surface area contributed by atoms with Gasteiger partial charge in [0.05, 0.1) is 11.0 Å². The Morgan fingerprint density at radius 2 is 1.94 bits per heavy atom. The Morgan fingerprint density at radius 3 is 2.39 bits per heavy atom. The zero-order valence-corrected chi connectivity index (χ0v) is 11.7. The van der Waals surface area contributed by atoms with Crippen molar-refractivity contribution in [3.8, 4) is 0 Å². The van der Waals surface area contributed by atoms with E-state index >= 15 is 0 Å². The summed E-state index contributed by atoms with van der Waals surface area (Å²) in [4.78, 5) is 0.324. The van der Waals surface area contributed by atoms with E-state index in [-0.39, 0.29) is 5.92 Å². The molecule has 2 rings (SSSR count). The quantitative estimate of drug-likeness (QED) is 0.892. The molecule has 1 aliphatic rings. The third-order valence-corrected chi connectivity index (χ3v) is 6.71. The Balaban J connectivity index is 2.40. The number of rotatable bonds is 5. The van der Waals surface area contributed by atoms with Gasteiger partial charge >= 0.3 is 0 Å². The number of aliphatic hydroxyl groups excluding tert-OH is 1. The van der Waals surface area contributed by atoms with Gasteiger partial charge in [0.2, 0.25) is 0 Å². The Morgan fingerprint density at radius 1 is 1.39 bits per heavy atom. The van der Waals surface area contributed by atoms with E-state index in [1.165, 1.54) is 0 Å². The fraction of sp³-hybridized carbons (Fsp3) is 0.571. The molecular weight excluding hydrogens is 248 g/mol. The van der Waals surface area contributed by atoms with Crippen LogP contribution in [0.25, 0.3) is 0 Å². The maximum absolute atomic E-state index is 12.7. The second kappa shape index (κ2) is 4.67. The van der Waals surface area contributed by atoms with E-state index in [0.717, 1.165) is 6.42 Å². The van der Waals surface area contributed by atoms with Crippen LogP contribution in [0.3, 0.4) is 0 Å². The van der Waals surface area contributed by atoms with Crippen molar-refractivity contribution in [1.29, 1.82) is 0 Å². The molecule has 1 saturated carbocycles. The summed E-state index contributed by atoms with van der Waals surface area (Å²) in [5.41, 5.74) is 0. The summed E-state index contributed by atoms with van der Waals surface area (Å²) in [6.07, 6.45) is 1.13. The smallest absolute Gasteiger partial charge is 0.186 e. The van der Waals surface area contributed by atoms with E-state index in [1.807, 2.05) is 13.8 Å². The molecule has 0 bridgehead atoms. The van der Waals surface area contributed by atoms with Crippen molar-refractivity contribution in [2.24, 2.45) is 5.92 Å². The first kappa shape index (κ1) is 13.6. The predicted octanol–water partition coefficient (Wildman–Crippen LogP) is 2.40. The van der Waals surface area contributed by atoms with Crippen LogP contribution in [0.5, 0.6) is 0 Å². The standard InChI is InChI=1S/C14H20O3S/c1-3-7-13(15)14(10-11(14)2)18(16,17)12-8-5-4-6-9-12/h4-6,8-9,11,13,15H,3,7,10H2,1-2H3/t11-,13?,14-/m0/s1. The van der Waals surface area contributed by atoms with Crippen molar-refractivity contribution >= 4 is 9.84 Å². The van der Waals surface area contributed by atoms with Crippen molar-refractivity contribution in [3.63, 3.8) is 0 Å². The first-order valence-electron chi connectivity index (χ1n) is 6.44. The molecule has 0 radical (unpaired) electrons. The van der Waals surface area contributed by atoms with E-state index in [4.69, 9.17) is 0 Å². The molecule has 0 amide bonds. The highest BCUT2D eigenvalue weighted by Crippen LogP contribution is 2.55. The first-order chi connectivity index (χ1) is 8.46. The number of hydrogen-bond donors (Lipinski definition) is 1. The van der Waals surface area contributed by atoms with Gasteiger partial charge in [-0.15, -0.1) is 0 Å². The van der Waals surface area contributed by atoms with Crippen LogP contribution >= 0.6 is 0 Å². The minimum atomic E-state index is -3.45. The lowest BCUT2D eigenvalue weighted by Gasteiger charge is -2.23. The van der Waals surface area contributed by atoms with E-state index < -0.39 is 20.7 Å².